The molecular weight excluding hydrogens is 254 g/mol. The van der Waals surface area contributed by atoms with E-state index in [1.54, 1.807) is 11.3 Å². The molecule has 0 amide bonds. The first-order valence-corrected chi connectivity index (χ1v) is 7.34. The highest BCUT2D eigenvalue weighted by Gasteiger charge is 1.96. The van der Waals surface area contributed by atoms with Crippen LogP contribution in [0.25, 0.3) is 0 Å². The molecule has 100 valence electrons. The molecule has 0 aliphatic carbocycles. The number of thiophene rings is 1. The Morgan fingerprint density at radius 3 is 2.68 bits per heavy atom. The maximum Gasteiger partial charge on any atom is 0.193 e. The third-order valence-electron chi connectivity index (χ3n) is 2.86. The van der Waals surface area contributed by atoms with Gasteiger partial charge in [0.2, 0.25) is 0 Å². The van der Waals surface area contributed by atoms with E-state index in [-0.39, 0.29) is 0 Å². The van der Waals surface area contributed by atoms with E-state index in [4.69, 9.17) is 5.73 Å². The van der Waals surface area contributed by atoms with Gasteiger partial charge in [-0.05, 0) is 35.6 Å². The lowest BCUT2D eigenvalue weighted by molar-refractivity contribution is 0.983. The van der Waals surface area contributed by atoms with E-state index in [0.717, 1.165) is 18.5 Å². The maximum absolute atomic E-state index is 5.86. The molecule has 1 heterocycles. The van der Waals surface area contributed by atoms with Crippen molar-refractivity contribution in [1.29, 1.82) is 0 Å². The largest absolute Gasteiger partial charge is 0.370 e. The molecule has 2 aromatic rings. The minimum atomic E-state index is 0.473. The summed E-state index contributed by atoms with van der Waals surface area (Å²) in [6.07, 6.45) is 1.99. The van der Waals surface area contributed by atoms with Gasteiger partial charge in [-0.3, -0.25) is 4.99 Å². The number of aryl methyl sites for hydroxylation is 1. The summed E-state index contributed by atoms with van der Waals surface area (Å²) in [6.45, 7) is 2.86. The normalized spacial score (nSPS) is 11.5. The van der Waals surface area contributed by atoms with Crippen molar-refractivity contribution in [2.75, 3.05) is 11.9 Å². The van der Waals surface area contributed by atoms with Gasteiger partial charge in [-0.15, -0.1) is 11.3 Å². The highest BCUT2D eigenvalue weighted by atomic mass is 32.1. The fourth-order valence-corrected chi connectivity index (χ4v) is 2.45. The Hall–Kier alpha value is -1.81. The molecule has 19 heavy (non-hydrogen) atoms. The van der Waals surface area contributed by atoms with Crippen molar-refractivity contribution in [3.63, 3.8) is 0 Å². The van der Waals surface area contributed by atoms with Crippen LogP contribution in [0.4, 0.5) is 5.69 Å². The summed E-state index contributed by atoms with van der Waals surface area (Å²) < 4.78 is 0. The lowest BCUT2D eigenvalue weighted by atomic mass is 10.1. The van der Waals surface area contributed by atoms with Gasteiger partial charge in [0.1, 0.15) is 0 Å². The van der Waals surface area contributed by atoms with Gasteiger partial charge in [-0.25, -0.2) is 0 Å². The van der Waals surface area contributed by atoms with E-state index in [0.29, 0.717) is 12.5 Å². The molecule has 0 saturated carbocycles. The van der Waals surface area contributed by atoms with E-state index < -0.39 is 0 Å². The zero-order chi connectivity index (χ0) is 13.5. The van der Waals surface area contributed by atoms with Gasteiger partial charge >= 0.3 is 0 Å². The Bertz CT molecular complexity index is 515. The maximum atomic E-state index is 5.86. The summed E-state index contributed by atoms with van der Waals surface area (Å²) in [5.41, 5.74) is 8.16. The van der Waals surface area contributed by atoms with Gasteiger partial charge in [0.05, 0.1) is 0 Å². The first-order chi connectivity index (χ1) is 9.28. The van der Waals surface area contributed by atoms with Crippen molar-refractivity contribution >= 4 is 23.0 Å². The van der Waals surface area contributed by atoms with Crippen molar-refractivity contribution < 1.29 is 0 Å². The van der Waals surface area contributed by atoms with Crippen molar-refractivity contribution in [3.8, 4) is 0 Å². The van der Waals surface area contributed by atoms with Crippen LogP contribution in [0.15, 0.2) is 46.8 Å². The summed E-state index contributed by atoms with van der Waals surface area (Å²) in [7, 11) is 0. The quantitative estimate of drug-likeness (QED) is 0.649. The summed E-state index contributed by atoms with van der Waals surface area (Å²) in [4.78, 5) is 5.66. The standard InChI is InChI=1S/C15H19N3S/c1-2-12-5-7-13(8-6-12)18-15(16)17-10-9-14-4-3-11-19-14/h3-8,11H,2,9-10H2,1H3,(H3,16,17,18). The number of anilines is 1. The second-order valence-corrected chi connectivity index (χ2v) is 5.30. The van der Waals surface area contributed by atoms with Crippen LogP contribution in [-0.4, -0.2) is 12.5 Å². The van der Waals surface area contributed by atoms with Crippen molar-refractivity contribution in [1.82, 2.24) is 0 Å². The monoisotopic (exact) mass is 273 g/mol. The van der Waals surface area contributed by atoms with Crippen LogP contribution in [-0.2, 0) is 12.8 Å². The lowest BCUT2D eigenvalue weighted by Crippen LogP contribution is -2.23. The van der Waals surface area contributed by atoms with Crippen LogP contribution in [0.3, 0.4) is 0 Å². The topological polar surface area (TPSA) is 50.4 Å². The van der Waals surface area contributed by atoms with Gasteiger partial charge < -0.3 is 11.1 Å². The van der Waals surface area contributed by atoms with Crippen LogP contribution >= 0.6 is 11.3 Å². The lowest BCUT2D eigenvalue weighted by Gasteiger charge is -2.06. The number of rotatable bonds is 5. The number of hydrogen-bond donors (Lipinski definition) is 2. The van der Waals surface area contributed by atoms with E-state index in [2.05, 4.69) is 46.9 Å². The fourth-order valence-electron chi connectivity index (χ4n) is 1.75. The number of guanidine groups is 1. The summed E-state index contributed by atoms with van der Waals surface area (Å²) in [5, 5.41) is 5.18. The third kappa shape index (κ3) is 4.41. The van der Waals surface area contributed by atoms with Crippen LogP contribution in [0, 0.1) is 0 Å². The van der Waals surface area contributed by atoms with Gasteiger partial charge in [0, 0.05) is 23.5 Å². The van der Waals surface area contributed by atoms with E-state index in [1.807, 2.05) is 12.1 Å². The molecule has 0 atom stereocenters. The Kier molecular flexibility index (Phi) is 4.98. The summed E-state index contributed by atoms with van der Waals surface area (Å²) in [5.74, 6) is 0.473. The molecule has 0 spiro atoms. The SMILES string of the molecule is CCc1ccc(NC(N)=NCCc2cccs2)cc1. The van der Waals surface area contributed by atoms with Crippen molar-refractivity contribution in [2.45, 2.75) is 19.8 Å². The molecule has 0 bridgehead atoms. The van der Waals surface area contributed by atoms with Gasteiger partial charge in [-0.1, -0.05) is 25.1 Å². The molecular formula is C15H19N3S. The molecule has 3 N–H and O–H groups in total. The zero-order valence-electron chi connectivity index (χ0n) is 11.1. The third-order valence-corrected chi connectivity index (χ3v) is 3.79. The number of hydrogen-bond acceptors (Lipinski definition) is 2. The van der Waals surface area contributed by atoms with E-state index in [9.17, 15) is 0 Å². The number of nitrogens with zero attached hydrogens (tertiary/aromatic N) is 1. The molecule has 1 aromatic heterocycles. The minimum absolute atomic E-state index is 0.473. The van der Waals surface area contributed by atoms with Crippen LogP contribution < -0.4 is 11.1 Å². The number of benzene rings is 1. The van der Waals surface area contributed by atoms with Crippen LogP contribution in [0.1, 0.15) is 17.4 Å². The van der Waals surface area contributed by atoms with Crippen molar-refractivity contribution in [3.05, 3.63) is 52.2 Å². The van der Waals surface area contributed by atoms with Gasteiger partial charge in [-0.2, -0.15) is 0 Å². The van der Waals surface area contributed by atoms with Gasteiger partial charge in [0.25, 0.3) is 0 Å². The first kappa shape index (κ1) is 13.6. The molecule has 4 heteroatoms. The smallest absolute Gasteiger partial charge is 0.193 e. The molecule has 0 saturated heterocycles. The number of aliphatic imine (C=N–C) groups is 1. The molecule has 3 nitrogen and oxygen atoms in total. The first-order valence-electron chi connectivity index (χ1n) is 6.46. The molecule has 0 fully saturated rings. The predicted molar refractivity (Wildman–Crippen MR) is 84.0 cm³/mol. The van der Waals surface area contributed by atoms with Crippen LogP contribution in [0.5, 0.6) is 0 Å². The average molecular weight is 273 g/mol. The van der Waals surface area contributed by atoms with E-state index >= 15 is 0 Å². The Balaban J connectivity index is 1.83. The summed E-state index contributed by atoms with van der Waals surface area (Å²) >= 11 is 1.75. The average Bonchev–Trinajstić information content (AvgIpc) is 2.93. The van der Waals surface area contributed by atoms with E-state index in [1.165, 1.54) is 10.4 Å². The molecule has 0 radical (unpaired) electrons. The van der Waals surface area contributed by atoms with Crippen LogP contribution in [0.2, 0.25) is 0 Å². The minimum Gasteiger partial charge on any atom is -0.370 e. The zero-order valence-corrected chi connectivity index (χ0v) is 11.9. The molecule has 1 aromatic carbocycles. The fraction of sp³-hybridized carbons (Fsp3) is 0.267. The molecule has 2 rings (SSSR count). The molecule has 0 aliphatic heterocycles. The Labute approximate surface area is 118 Å². The highest BCUT2D eigenvalue weighted by Crippen LogP contribution is 2.10. The highest BCUT2D eigenvalue weighted by molar-refractivity contribution is 7.09. The number of nitrogens with one attached hydrogen (secondary N) is 1. The predicted octanol–water partition coefficient (Wildman–Crippen LogP) is 3.28. The summed E-state index contributed by atoms with van der Waals surface area (Å²) in [6, 6.07) is 12.4. The van der Waals surface area contributed by atoms with Gasteiger partial charge in [0.15, 0.2) is 5.96 Å². The number of nitrogens with two attached hydrogens (primary N) is 1. The Morgan fingerprint density at radius 2 is 2.05 bits per heavy atom. The Morgan fingerprint density at radius 1 is 1.26 bits per heavy atom. The molecule has 0 unspecified atom stereocenters. The second kappa shape index (κ2) is 6.95. The molecule has 0 aliphatic rings. The van der Waals surface area contributed by atoms with Crippen molar-refractivity contribution in [2.24, 2.45) is 10.7 Å². The second-order valence-electron chi connectivity index (χ2n) is 4.27.